The molecule has 1 aliphatic heterocycles. The number of rotatable bonds is 6. The van der Waals surface area contributed by atoms with Crippen LogP contribution < -0.4 is 15.5 Å². The largest absolute Gasteiger partial charge is 0.368 e. The van der Waals surface area contributed by atoms with Crippen LogP contribution in [0.5, 0.6) is 0 Å². The van der Waals surface area contributed by atoms with Crippen molar-refractivity contribution in [2.75, 3.05) is 36.4 Å². The van der Waals surface area contributed by atoms with Crippen molar-refractivity contribution in [3.8, 4) is 0 Å². The summed E-state index contributed by atoms with van der Waals surface area (Å²) >= 11 is 12.4. The van der Waals surface area contributed by atoms with Crippen molar-refractivity contribution in [2.24, 2.45) is 0 Å². The lowest BCUT2D eigenvalue weighted by molar-refractivity contribution is 0.251. The summed E-state index contributed by atoms with van der Waals surface area (Å²) < 4.78 is 27.6. The van der Waals surface area contributed by atoms with E-state index in [2.05, 4.69) is 15.6 Å². The molecule has 0 saturated carbocycles. The number of sulfonamides is 1. The number of nitrogens with one attached hydrogen (secondary N) is 2. The Morgan fingerprint density at radius 1 is 0.971 bits per heavy atom. The number of piperazine rings is 1. The van der Waals surface area contributed by atoms with E-state index < -0.39 is 16.1 Å². The van der Waals surface area contributed by atoms with Gasteiger partial charge in [0, 0.05) is 50.8 Å². The normalized spacial score (nSPS) is 14.6. The van der Waals surface area contributed by atoms with Gasteiger partial charge in [0.1, 0.15) is 0 Å². The summed E-state index contributed by atoms with van der Waals surface area (Å²) in [7, 11) is -3.67. The molecule has 8 nitrogen and oxygen atoms in total. The van der Waals surface area contributed by atoms with E-state index in [1.807, 2.05) is 23.1 Å². The van der Waals surface area contributed by atoms with Crippen molar-refractivity contribution in [1.29, 1.82) is 0 Å². The Labute approximate surface area is 208 Å². The third-order valence-corrected chi connectivity index (χ3v) is 8.16. The fourth-order valence-corrected chi connectivity index (χ4v) is 5.46. The van der Waals surface area contributed by atoms with E-state index in [9.17, 15) is 13.2 Å². The predicted octanol–water partition coefficient (Wildman–Crippen LogP) is 4.22. The Hall–Kier alpha value is -2.85. The number of carbonyl (C=O) groups excluding carboxylic acids is 1. The summed E-state index contributed by atoms with van der Waals surface area (Å²) in [6.45, 7) is 1.97. The van der Waals surface area contributed by atoms with E-state index >= 15 is 0 Å². The number of amides is 2. The summed E-state index contributed by atoms with van der Waals surface area (Å²) in [5.74, 6) is 0. The number of aromatic nitrogens is 1. The van der Waals surface area contributed by atoms with Crippen LogP contribution in [-0.4, -0.2) is 49.9 Å². The number of urea groups is 1. The number of hydrogen-bond acceptors (Lipinski definition) is 5. The SMILES string of the molecule is O=C(NCc1cccnc1)Nc1ccc(S(=O)(=O)N2CCN(c3cccc(Cl)c3Cl)CC2)cc1. The van der Waals surface area contributed by atoms with Gasteiger partial charge in [-0.3, -0.25) is 4.98 Å². The Kier molecular flexibility index (Phi) is 7.57. The number of pyridine rings is 1. The van der Waals surface area contributed by atoms with Gasteiger partial charge in [-0.05, 0) is 48.0 Å². The monoisotopic (exact) mass is 519 g/mol. The molecular weight excluding hydrogens is 497 g/mol. The highest BCUT2D eigenvalue weighted by Crippen LogP contribution is 2.33. The summed E-state index contributed by atoms with van der Waals surface area (Å²) in [4.78, 5) is 18.3. The molecule has 1 aromatic heterocycles. The molecule has 4 rings (SSSR count). The minimum Gasteiger partial charge on any atom is -0.368 e. The van der Waals surface area contributed by atoms with Gasteiger partial charge in [-0.15, -0.1) is 0 Å². The Bertz CT molecular complexity index is 1250. The number of carbonyl (C=O) groups is 1. The summed E-state index contributed by atoms with van der Waals surface area (Å²) in [6, 6.07) is 14.8. The lowest BCUT2D eigenvalue weighted by atomic mass is 10.2. The third kappa shape index (κ3) is 5.61. The van der Waals surface area contributed by atoms with Crippen molar-refractivity contribution >= 4 is 50.6 Å². The van der Waals surface area contributed by atoms with Gasteiger partial charge >= 0.3 is 6.03 Å². The second-order valence-electron chi connectivity index (χ2n) is 7.66. The lowest BCUT2D eigenvalue weighted by Gasteiger charge is -2.35. The highest BCUT2D eigenvalue weighted by Gasteiger charge is 2.29. The number of halogens is 2. The second-order valence-corrected chi connectivity index (χ2v) is 10.4. The molecule has 34 heavy (non-hydrogen) atoms. The van der Waals surface area contributed by atoms with E-state index in [0.29, 0.717) is 48.5 Å². The molecule has 3 aromatic rings. The zero-order valence-corrected chi connectivity index (χ0v) is 20.4. The van der Waals surface area contributed by atoms with Crippen LogP contribution >= 0.6 is 23.2 Å². The first-order valence-electron chi connectivity index (χ1n) is 10.6. The van der Waals surface area contributed by atoms with E-state index in [-0.39, 0.29) is 4.90 Å². The molecule has 2 amide bonds. The lowest BCUT2D eigenvalue weighted by Crippen LogP contribution is -2.48. The van der Waals surface area contributed by atoms with Gasteiger partial charge in [-0.1, -0.05) is 35.3 Å². The van der Waals surface area contributed by atoms with E-state index in [1.54, 1.807) is 36.7 Å². The Balaban J connectivity index is 1.34. The van der Waals surface area contributed by atoms with Gasteiger partial charge in [0.05, 0.1) is 20.6 Å². The quantitative estimate of drug-likeness (QED) is 0.508. The number of benzene rings is 2. The zero-order chi connectivity index (χ0) is 24.1. The second kappa shape index (κ2) is 10.6. The van der Waals surface area contributed by atoms with Gasteiger partial charge in [-0.2, -0.15) is 4.31 Å². The van der Waals surface area contributed by atoms with Gasteiger partial charge < -0.3 is 15.5 Å². The van der Waals surface area contributed by atoms with Crippen molar-refractivity contribution < 1.29 is 13.2 Å². The van der Waals surface area contributed by atoms with Gasteiger partial charge in [-0.25, -0.2) is 13.2 Å². The molecule has 1 saturated heterocycles. The first-order valence-corrected chi connectivity index (χ1v) is 12.8. The highest BCUT2D eigenvalue weighted by molar-refractivity contribution is 7.89. The summed E-state index contributed by atoms with van der Waals surface area (Å²) in [5.41, 5.74) is 2.16. The summed E-state index contributed by atoms with van der Waals surface area (Å²) in [6.07, 6.45) is 3.33. The van der Waals surface area contributed by atoms with Crippen molar-refractivity contribution in [1.82, 2.24) is 14.6 Å². The molecule has 0 atom stereocenters. The molecule has 2 heterocycles. The van der Waals surface area contributed by atoms with Crippen LogP contribution in [0.25, 0.3) is 0 Å². The molecule has 2 aromatic carbocycles. The topological polar surface area (TPSA) is 94.6 Å². The van der Waals surface area contributed by atoms with Gasteiger partial charge in [0.15, 0.2) is 0 Å². The third-order valence-electron chi connectivity index (χ3n) is 5.44. The average molecular weight is 520 g/mol. The Morgan fingerprint density at radius 3 is 2.38 bits per heavy atom. The molecular formula is C23H23Cl2N5O3S. The van der Waals surface area contributed by atoms with Gasteiger partial charge in [0.2, 0.25) is 10.0 Å². The van der Waals surface area contributed by atoms with Crippen LogP contribution in [0.1, 0.15) is 5.56 Å². The first-order chi connectivity index (χ1) is 16.3. The predicted molar refractivity (Wildman–Crippen MR) is 134 cm³/mol. The maximum atomic E-state index is 13.1. The standard InChI is InChI=1S/C23H23Cl2N5O3S/c24-20-4-1-5-21(22(20)25)29-11-13-30(14-12-29)34(32,33)19-8-6-18(7-9-19)28-23(31)27-16-17-3-2-10-26-15-17/h1-10,15H,11-14,16H2,(H2,27,28,31). The minimum absolute atomic E-state index is 0.169. The molecule has 1 fully saturated rings. The van der Waals surface area contributed by atoms with Gasteiger partial charge in [0.25, 0.3) is 0 Å². The molecule has 0 spiro atoms. The molecule has 2 N–H and O–H groups in total. The van der Waals surface area contributed by atoms with E-state index in [0.717, 1.165) is 11.3 Å². The molecule has 0 bridgehead atoms. The minimum atomic E-state index is -3.67. The molecule has 0 unspecified atom stereocenters. The van der Waals surface area contributed by atoms with E-state index in [1.165, 1.54) is 16.4 Å². The summed E-state index contributed by atoms with van der Waals surface area (Å²) in [5, 5.41) is 6.36. The van der Waals surface area contributed by atoms with Crippen LogP contribution in [-0.2, 0) is 16.6 Å². The fraction of sp³-hybridized carbons (Fsp3) is 0.217. The maximum absolute atomic E-state index is 13.1. The molecule has 178 valence electrons. The van der Waals surface area contributed by atoms with Crippen LogP contribution in [0.15, 0.2) is 71.9 Å². The van der Waals surface area contributed by atoms with Crippen molar-refractivity contribution in [3.05, 3.63) is 82.6 Å². The Morgan fingerprint density at radius 2 is 1.71 bits per heavy atom. The zero-order valence-electron chi connectivity index (χ0n) is 18.1. The molecule has 1 aliphatic rings. The highest BCUT2D eigenvalue weighted by atomic mass is 35.5. The van der Waals surface area contributed by atoms with Crippen molar-refractivity contribution in [2.45, 2.75) is 11.4 Å². The first kappa shape index (κ1) is 24.3. The fourth-order valence-electron chi connectivity index (χ4n) is 3.63. The molecule has 0 aliphatic carbocycles. The number of nitrogens with zero attached hydrogens (tertiary/aromatic N) is 3. The smallest absolute Gasteiger partial charge is 0.319 e. The number of anilines is 2. The molecule has 11 heteroatoms. The van der Waals surface area contributed by atoms with Crippen LogP contribution in [0, 0.1) is 0 Å². The number of hydrogen-bond donors (Lipinski definition) is 2. The maximum Gasteiger partial charge on any atom is 0.319 e. The van der Waals surface area contributed by atoms with E-state index in [4.69, 9.17) is 23.2 Å². The average Bonchev–Trinajstić information content (AvgIpc) is 2.85. The molecule has 0 radical (unpaired) electrons. The van der Waals surface area contributed by atoms with Crippen LogP contribution in [0.2, 0.25) is 10.0 Å². The van der Waals surface area contributed by atoms with Crippen molar-refractivity contribution in [3.63, 3.8) is 0 Å². The van der Waals surface area contributed by atoms with Crippen LogP contribution in [0.4, 0.5) is 16.2 Å². The van der Waals surface area contributed by atoms with Crippen LogP contribution in [0.3, 0.4) is 0 Å².